The summed E-state index contributed by atoms with van der Waals surface area (Å²) in [5.41, 5.74) is 3.11. The average molecular weight is 337 g/mol. The highest BCUT2D eigenvalue weighted by molar-refractivity contribution is 8.15. The highest BCUT2D eigenvalue weighted by atomic mass is 35.5. The number of carbonyl (C=O) groups excluding carboxylic acids is 1. The number of rotatable bonds is 3. The fraction of sp³-hybridized carbons (Fsp3) is 0.400. The van der Waals surface area contributed by atoms with E-state index in [9.17, 15) is 4.79 Å². The highest BCUT2D eigenvalue weighted by Gasteiger charge is 2.17. The number of thioether (sulfide) groups is 1. The molecule has 0 spiro atoms. The average Bonchev–Trinajstić information content (AvgIpc) is 3.15. The molecule has 2 aliphatic heterocycles. The van der Waals surface area contributed by atoms with Crippen LogP contribution in [0.1, 0.15) is 24.0 Å². The molecule has 1 amide bonds. The van der Waals surface area contributed by atoms with Gasteiger partial charge in [0, 0.05) is 24.3 Å². The van der Waals surface area contributed by atoms with E-state index in [0.717, 1.165) is 24.2 Å². The second-order valence-corrected chi connectivity index (χ2v) is 6.64. The van der Waals surface area contributed by atoms with Crippen LogP contribution in [0.3, 0.4) is 0 Å². The van der Waals surface area contributed by atoms with Gasteiger partial charge in [0.25, 0.3) is 0 Å². The Hall–Kier alpha value is -1.53. The van der Waals surface area contributed by atoms with Gasteiger partial charge < -0.3 is 10.2 Å². The summed E-state index contributed by atoms with van der Waals surface area (Å²) in [7, 11) is 0. The Bertz CT molecular complexity index is 653. The van der Waals surface area contributed by atoms with Crippen molar-refractivity contribution in [2.45, 2.75) is 19.8 Å². The standard InChI is InChI=1S/C15H17ClN4OS/c1-10-12(20-6-2-3-7-20)5-4-11(14(10)16)8-17-19-15-18-13(21)9-22-15/h4-5,8H,2-3,6-7,9H2,1H3,(H,18,19,21). The lowest BCUT2D eigenvalue weighted by Crippen LogP contribution is -2.19. The predicted octanol–water partition coefficient (Wildman–Crippen LogP) is 2.80. The lowest BCUT2D eigenvalue weighted by molar-refractivity contribution is -0.116. The molecular formula is C15H17ClN4OS. The Morgan fingerprint density at radius 1 is 1.36 bits per heavy atom. The molecule has 1 aromatic rings. The summed E-state index contributed by atoms with van der Waals surface area (Å²) < 4.78 is 0. The van der Waals surface area contributed by atoms with E-state index in [1.807, 2.05) is 13.0 Å². The van der Waals surface area contributed by atoms with Crippen molar-refractivity contribution >= 4 is 46.3 Å². The first-order valence-corrected chi connectivity index (χ1v) is 8.59. The lowest BCUT2D eigenvalue weighted by Gasteiger charge is -2.21. The van der Waals surface area contributed by atoms with Gasteiger partial charge in [0.2, 0.25) is 5.91 Å². The number of amides is 1. The summed E-state index contributed by atoms with van der Waals surface area (Å²) in [6, 6.07) is 4.06. The van der Waals surface area contributed by atoms with Crippen molar-refractivity contribution in [3.63, 3.8) is 0 Å². The van der Waals surface area contributed by atoms with Gasteiger partial charge in [0.05, 0.1) is 17.0 Å². The van der Waals surface area contributed by atoms with Crippen LogP contribution >= 0.6 is 23.4 Å². The van der Waals surface area contributed by atoms with Crippen LogP contribution in [0.2, 0.25) is 5.02 Å². The topological polar surface area (TPSA) is 57.1 Å². The number of amidine groups is 1. The first kappa shape index (κ1) is 15.4. The van der Waals surface area contributed by atoms with E-state index in [-0.39, 0.29) is 5.91 Å². The number of anilines is 1. The van der Waals surface area contributed by atoms with Gasteiger partial charge in [0.1, 0.15) is 0 Å². The molecule has 116 valence electrons. The molecule has 0 bridgehead atoms. The number of carbonyl (C=O) groups is 1. The molecule has 1 N–H and O–H groups in total. The molecule has 0 aliphatic carbocycles. The Kier molecular flexibility index (Phi) is 4.69. The summed E-state index contributed by atoms with van der Waals surface area (Å²) in [6.07, 6.45) is 4.10. The molecule has 2 heterocycles. The summed E-state index contributed by atoms with van der Waals surface area (Å²) in [5.74, 6) is 0.362. The smallest absolute Gasteiger partial charge is 0.236 e. The Morgan fingerprint density at radius 2 is 2.14 bits per heavy atom. The first-order chi connectivity index (χ1) is 10.6. The zero-order valence-electron chi connectivity index (χ0n) is 12.3. The molecule has 5 nitrogen and oxygen atoms in total. The van der Waals surface area contributed by atoms with E-state index >= 15 is 0 Å². The molecule has 22 heavy (non-hydrogen) atoms. The van der Waals surface area contributed by atoms with Crippen LogP contribution in [0.4, 0.5) is 5.69 Å². The van der Waals surface area contributed by atoms with E-state index in [1.165, 1.54) is 30.3 Å². The minimum Gasteiger partial charge on any atom is -0.371 e. The minimum atomic E-state index is -0.0391. The maximum Gasteiger partial charge on any atom is 0.236 e. The summed E-state index contributed by atoms with van der Waals surface area (Å²) >= 11 is 7.80. The molecule has 2 aliphatic rings. The van der Waals surface area contributed by atoms with E-state index in [4.69, 9.17) is 11.6 Å². The molecule has 7 heteroatoms. The highest BCUT2D eigenvalue weighted by Crippen LogP contribution is 2.31. The zero-order valence-corrected chi connectivity index (χ0v) is 13.9. The number of hydrogen-bond donors (Lipinski definition) is 1. The van der Waals surface area contributed by atoms with Crippen molar-refractivity contribution in [2.24, 2.45) is 10.2 Å². The Balaban J connectivity index is 1.77. The zero-order chi connectivity index (χ0) is 15.5. The van der Waals surface area contributed by atoms with E-state index in [2.05, 4.69) is 26.5 Å². The van der Waals surface area contributed by atoms with Crippen molar-refractivity contribution < 1.29 is 4.79 Å². The van der Waals surface area contributed by atoms with Crippen LogP contribution in [-0.4, -0.2) is 36.1 Å². The SMILES string of the molecule is Cc1c(N2CCCC2)ccc(C=NN=C2NC(=O)CS2)c1Cl. The van der Waals surface area contributed by atoms with Gasteiger partial charge in [-0.05, 0) is 37.5 Å². The normalized spacial score (nSPS) is 20.4. The van der Waals surface area contributed by atoms with Gasteiger partial charge >= 0.3 is 0 Å². The molecular weight excluding hydrogens is 320 g/mol. The molecule has 0 unspecified atom stereocenters. The summed E-state index contributed by atoms with van der Waals surface area (Å²) in [5, 5.41) is 11.9. The van der Waals surface area contributed by atoms with Crippen LogP contribution in [0.15, 0.2) is 22.3 Å². The van der Waals surface area contributed by atoms with Crippen LogP contribution in [-0.2, 0) is 4.79 Å². The number of hydrogen-bond acceptors (Lipinski definition) is 5. The van der Waals surface area contributed by atoms with Gasteiger partial charge in [-0.3, -0.25) is 4.79 Å². The summed E-state index contributed by atoms with van der Waals surface area (Å²) in [4.78, 5) is 13.4. The number of halogens is 1. The lowest BCUT2D eigenvalue weighted by atomic mass is 10.1. The fourth-order valence-corrected chi connectivity index (χ4v) is 3.46. The van der Waals surface area contributed by atoms with Gasteiger partial charge in [-0.1, -0.05) is 23.4 Å². The van der Waals surface area contributed by atoms with E-state index in [0.29, 0.717) is 15.9 Å². The van der Waals surface area contributed by atoms with Crippen molar-refractivity contribution in [2.75, 3.05) is 23.7 Å². The fourth-order valence-electron chi connectivity index (χ4n) is 2.62. The van der Waals surface area contributed by atoms with Crippen molar-refractivity contribution in [3.8, 4) is 0 Å². The maximum absolute atomic E-state index is 11.1. The van der Waals surface area contributed by atoms with Gasteiger partial charge in [-0.25, -0.2) is 0 Å². The summed E-state index contributed by atoms with van der Waals surface area (Å²) in [6.45, 7) is 4.22. The van der Waals surface area contributed by atoms with Crippen LogP contribution in [0.5, 0.6) is 0 Å². The third kappa shape index (κ3) is 3.28. The maximum atomic E-state index is 11.1. The molecule has 2 saturated heterocycles. The largest absolute Gasteiger partial charge is 0.371 e. The quantitative estimate of drug-likeness (QED) is 0.682. The third-order valence-corrected chi connectivity index (χ3v) is 5.13. The second kappa shape index (κ2) is 6.71. The van der Waals surface area contributed by atoms with Gasteiger partial charge in [0.15, 0.2) is 5.17 Å². The van der Waals surface area contributed by atoms with E-state index in [1.54, 1.807) is 6.21 Å². The third-order valence-electron chi connectivity index (χ3n) is 3.77. The second-order valence-electron chi connectivity index (χ2n) is 5.29. The number of nitrogens with one attached hydrogen (secondary N) is 1. The van der Waals surface area contributed by atoms with Crippen molar-refractivity contribution in [1.82, 2.24) is 5.32 Å². The molecule has 0 atom stereocenters. The molecule has 0 radical (unpaired) electrons. The molecule has 0 aromatic heterocycles. The Morgan fingerprint density at radius 3 is 2.82 bits per heavy atom. The number of benzene rings is 1. The van der Waals surface area contributed by atoms with Gasteiger partial charge in [-0.15, -0.1) is 5.10 Å². The van der Waals surface area contributed by atoms with Crippen LogP contribution in [0.25, 0.3) is 0 Å². The van der Waals surface area contributed by atoms with E-state index < -0.39 is 0 Å². The van der Waals surface area contributed by atoms with Crippen molar-refractivity contribution in [1.29, 1.82) is 0 Å². The van der Waals surface area contributed by atoms with Crippen molar-refractivity contribution in [3.05, 3.63) is 28.3 Å². The first-order valence-electron chi connectivity index (χ1n) is 7.23. The predicted molar refractivity (Wildman–Crippen MR) is 93.3 cm³/mol. The molecule has 3 rings (SSSR count). The van der Waals surface area contributed by atoms with Crippen LogP contribution < -0.4 is 10.2 Å². The van der Waals surface area contributed by atoms with Crippen LogP contribution in [0, 0.1) is 6.92 Å². The minimum absolute atomic E-state index is 0.0391. The molecule has 1 aromatic carbocycles. The Labute approximate surface area is 138 Å². The molecule has 0 saturated carbocycles. The molecule has 2 fully saturated rings. The monoisotopic (exact) mass is 336 g/mol. The van der Waals surface area contributed by atoms with Gasteiger partial charge in [-0.2, -0.15) is 5.10 Å². The number of nitrogens with zero attached hydrogens (tertiary/aromatic N) is 3.